The number of alkyl halides is 3. The van der Waals surface area contributed by atoms with Crippen LogP contribution in [0.15, 0.2) is 33.7 Å². The summed E-state index contributed by atoms with van der Waals surface area (Å²) in [4.78, 5) is 29.8. The van der Waals surface area contributed by atoms with E-state index in [1.165, 1.54) is 12.1 Å². The molecule has 1 N–H and O–H groups in total. The minimum atomic E-state index is -4.39. The lowest BCUT2D eigenvalue weighted by atomic mass is 9.95. The third kappa shape index (κ3) is 8.55. The Morgan fingerprint density at radius 2 is 1.73 bits per heavy atom. The number of hydrogen-bond donors (Lipinski definition) is 1. The van der Waals surface area contributed by atoms with Gasteiger partial charge in [0.15, 0.2) is 5.82 Å². The highest BCUT2D eigenvalue weighted by atomic mass is 32.2. The summed E-state index contributed by atoms with van der Waals surface area (Å²) in [7, 11) is -4.03. The summed E-state index contributed by atoms with van der Waals surface area (Å²) in [6, 6.07) is 5.98. The summed E-state index contributed by atoms with van der Waals surface area (Å²) in [6.45, 7) is 7.77. The van der Waals surface area contributed by atoms with E-state index in [-0.39, 0.29) is 42.2 Å². The first kappa shape index (κ1) is 32.1. The second kappa shape index (κ2) is 12.6. The van der Waals surface area contributed by atoms with Crippen molar-refractivity contribution in [3.05, 3.63) is 41.5 Å². The zero-order valence-corrected chi connectivity index (χ0v) is 24.6. The molecular weight excluding hydrogens is 574 g/mol. The van der Waals surface area contributed by atoms with Gasteiger partial charge in [0.05, 0.1) is 25.0 Å². The first-order valence-corrected chi connectivity index (χ1v) is 15.1. The van der Waals surface area contributed by atoms with Crippen LogP contribution >= 0.6 is 19.4 Å². The molecule has 0 bridgehead atoms. The van der Waals surface area contributed by atoms with Crippen molar-refractivity contribution in [1.82, 2.24) is 15.5 Å². The van der Waals surface area contributed by atoms with Gasteiger partial charge in [0, 0.05) is 4.90 Å². The first-order valence-electron chi connectivity index (χ1n) is 12.7. The molecule has 1 unspecified atom stereocenters. The SMILES string of the molecule is CCOP(=O)(OCC)C(Cc1nc(C2(c3ccc(SC(F)(F)F)cc3)CC2)no1)C(=O)NCC(=O)OC(C)(C)C. The number of benzene rings is 1. The summed E-state index contributed by atoms with van der Waals surface area (Å²) in [5, 5.41) is 6.49. The number of nitrogens with one attached hydrogen (secondary N) is 1. The number of thioether (sulfide) groups is 1. The third-order valence-electron chi connectivity index (χ3n) is 5.78. The van der Waals surface area contributed by atoms with Gasteiger partial charge in [0.2, 0.25) is 11.8 Å². The maximum Gasteiger partial charge on any atom is 0.446 e. The predicted molar refractivity (Wildman–Crippen MR) is 140 cm³/mol. The lowest BCUT2D eigenvalue weighted by molar-refractivity contribution is -0.154. The minimum absolute atomic E-state index is 0.00601. The maximum absolute atomic E-state index is 13.6. The van der Waals surface area contributed by atoms with Crippen molar-refractivity contribution >= 4 is 31.2 Å². The van der Waals surface area contributed by atoms with Crippen LogP contribution < -0.4 is 5.32 Å². The number of ether oxygens (including phenoxy) is 1. The molecule has 15 heteroatoms. The van der Waals surface area contributed by atoms with E-state index in [9.17, 15) is 27.3 Å². The zero-order valence-electron chi connectivity index (χ0n) is 22.9. The van der Waals surface area contributed by atoms with Crippen molar-refractivity contribution < 1.29 is 45.6 Å². The molecule has 1 saturated carbocycles. The third-order valence-corrected chi connectivity index (χ3v) is 8.94. The Morgan fingerprint density at radius 1 is 1.12 bits per heavy atom. The van der Waals surface area contributed by atoms with Gasteiger partial charge in [-0.15, -0.1) is 0 Å². The Hall–Kier alpha value is -2.41. The molecule has 2 aromatic rings. The van der Waals surface area contributed by atoms with E-state index in [0.717, 1.165) is 5.56 Å². The molecule has 0 radical (unpaired) electrons. The van der Waals surface area contributed by atoms with Gasteiger partial charge < -0.3 is 23.6 Å². The Labute approximate surface area is 234 Å². The summed E-state index contributed by atoms with van der Waals surface area (Å²) >= 11 is -0.199. The highest BCUT2D eigenvalue weighted by Gasteiger charge is 2.50. The number of aromatic nitrogens is 2. The van der Waals surface area contributed by atoms with E-state index in [0.29, 0.717) is 18.7 Å². The number of carbonyl (C=O) groups is 2. The smallest absolute Gasteiger partial charge is 0.446 e. The lowest BCUT2D eigenvalue weighted by Crippen LogP contribution is -2.41. The van der Waals surface area contributed by atoms with Crippen LogP contribution in [0.4, 0.5) is 13.2 Å². The van der Waals surface area contributed by atoms with Gasteiger partial charge in [-0.3, -0.25) is 14.2 Å². The second-order valence-corrected chi connectivity index (χ2v) is 13.4. The summed E-state index contributed by atoms with van der Waals surface area (Å²) < 4.78 is 73.1. The Kier molecular flexibility index (Phi) is 10.1. The van der Waals surface area contributed by atoms with Gasteiger partial charge >= 0.3 is 19.1 Å². The Balaban J connectivity index is 1.80. The van der Waals surface area contributed by atoms with Crippen LogP contribution in [0.3, 0.4) is 0 Å². The molecule has 222 valence electrons. The highest BCUT2D eigenvalue weighted by molar-refractivity contribution is 8.00. The fourth-order valence-corrected chi connectivity index (χ4v) is 6.47. The van der Waals surface area contributed by atoms with Crippen molar-refractivity contribution in [3.8, 4) is 0 Å². The van der Waals surface area contributed by atoms with Crippen molar-refractivity contribution in [2.75, 3.05) is 19.8 Å². The molecular formula is C25H33F3N3O7PS. The van der Waals surface area contributed by atoms with Crippen molar-refractivity contribution in [2.24, 2.45) is 0 Å². The fourth-order valence-electron chi connectivity index (χ4n) is 4.02. The van der Waals surface area contributed by atoms with Crippen LogP contribution in [0.1, 0.15) is 64.7 Å². The van der Waals surface area contributed by atoms with E-state index < -0.39 is 48.2 Å². The van der Waals surface area contributed by atoms with E-state index in [1.54, 1.807) is 46.8 Å². The van der Waals surface area contributed by atoms with Gasteiger partial charge in [-0.25, -0.2) is 0 Å². The maximum atomic E-state index is 13.6. The van der Waals surface area contributed by atoms with Gasteiger partial charge in [-0.05, 0) is 76.9 Å². The van der Waals surface area contributed by atoms with Crippen LogP contribution in [0.2, 0.25) is 0 Å². The Bertz CT molecular complexity index is 1220. The zero-order chi connectivity index (χ0) is 29.8. The van der Waals surface area contributed by atoms with E-state index in [2.05, 4.69) is 15.5 Å². The number of hydrogen-bond acceptors (Lipinski definition) is 10. The van der Waals surface area contributed by atoms with Gasteiger partial charge in [-0.1, -0.05) is 17.3 Å². The number of esters is 1. The number of carbonyl (C=O) groups excluding carboxylic acids is 2. The van der Waals surface area contributed by atoms with Gasteiger partial charge in [0.25, 0.3) is 0 Å². The summed E-state index contributed by atoms with van der Waals surface area (Å²) in [5.74, 6) is -1.18. The second-order valence-electron chi connectivity index (χ2n) is 10.1. The topological polar surface area (TPSA) is 130 Å². The van der Waals surface area contributed by atoms with Crippen molar-refractivity contribution in [1.29, 1.82) is 0 Å². The van der Waals surface area contributed by atoms with Crippen LogP contribution in [-0.4, -0.2) is 58.5 Å². The Morgan fingerprint density at radius 3 is 2.23 bits per heavy atom. The van der Waals surface area contributed by atoms with E-state index in [1.807, 2.05) is 0 Å². The average Bonchev–Trinajstić information content (AvgIpc) is 3.50. The molecule has 1 atom stereocenters. The monoisotopic (exact) mass is 607 g/mol. The molecule has 1 aliphatic rings. The summed E-state index contributed by atoms with van der Waals surface area (Å²) in [5.41, 5.74) is -6.46. The molecule has 1 fully saturated rings. The van der Waals surface area contributed by atoms with Crippen molar-refractivity contribution in [2.45, 2.75) is 81.0 Å². The molecule has 1 aliphatic carbocycles. The average molecular weight is 608 g/mol. The highest BCUT2D eigenvalue weighted by Crippen LogP contribution is 2.55. The lowest BCUT2D eigenvalue weighted by Gasteiger charge is -2.25. The molecule has 0 spiro atoms. The van der Waals surface area contributed by atoms with Crippen LogP contribution in [-0.2, 0) is 39.8 Å². The predicted octanol–water partition coefficient (Wildman–Crippen LogP) is 5.40. The van der Waals surface area contributed by atoms with E-state index >= 15 is 0 Å². The largest absolute Gasteiger partial charge is 0.459 e. The van der Waals surface area contributed by atoms with Crippen LogP contribution in [0, 0.1) is 0 Å². The normalized spacial score (nSPS) is 15.9. The molecule has 1 heterocycles. The molecule has 1 aromatic heterocycles. The molecule has 0 saturated heterocycles. The van der Waals surface area contributed by atoms with Gasteiger partial charge in [-0.2, -0.15) is 18.2 Å². The van der Waals surface area contributed by atoms with Gasteiger partial charge in [0.1, 0.15) is 17.8 Å². The fraction of sp³-hybridized carbons (Fsp3) is 0.600. The summed E-state index contributed by atoms with van der Waals surface area (Å²) in [6.07, 6.45) is 0.990. The van der Waals surface area contributed by atoms with Crippen LogP contribution in [0.25, 0.3) is 0 Å². The standard InChI is InChI=1S/C25H33F3N3O7PS/c1-6-35-39(34,36-7-2)18(21(33)29-15-20(32)37-23(3,4)5)14-19-30-22(31-38-19)24(12-13-24)16-8-10-17(11-9-16)40-25(26,27)28/h8-11,18H,6-7,12-15H2,1-5H3,(H,29,33). The molecule has 1 amide bonds. The van der Waals surface area contributed by atoms with Crippen molar-refractivity contribution in [3.63, 3.8) is 0 Å². The molecule has 10 nitrogen and oxygen atoms in total. The molecule has 3 rings (SSSR count). The van der Waals surface area contributed by atoms with Crippen LogP contribution in [0.5, 0.6) is 0 Å². The number of nitrogens with zero attached hydrogens (tertiary/aromatic N) is 2. The minimum Gasteiger partial charge on any atom is -0.459 e. The van der Waals surface area contributed by atoms with E-state index in [4.69, 9.17) is 18.3 Å². The molecule has 0 aliphatic heterocycles. The molecule has 1 aromatic carbocycles. The number of amides is 1. The molecule has 40 heavy (non-hydrogen) atoms. The number of halogens is 3. The number of rotatable bonds is 13. The first-order chi connectivity index (χ1) is 18.6. The quantitative estimate of drug-likeness (QED) is 0.180.